The molecule has 0 aliphatic carbocycles. The first-order valence-corrected chi connectivity index (χ1v) is 9.78. The fourth-order valence-electron chi connectivity index (χ4n) is 3.23. The van der Waals surface area contributed by atoms with E-state index < -0.39 is 18.7 Å². The van der Waals surface area contributed by atoms with Crippen molar-refractivity contribution in [2.75, 3.05) is 31.1 Å². The van der Waals surface area contributed by atoms with Gasteiger partial charge in [-0.25, -0.2) is 9.78 Å². The highest BCUT2D eigenvalue weighted by Crippen LogP contribution is 2.24. The highest BCUT2D eigenvalue weighted by Gasteiger charge is 2.26. The van der Waals surface area contributed by atoms with Crippen LogP contribution in [0.5, 0.6) is 0 Å². The van der Waals surface area contributed by atoms with Crippen molar-refractivity contribution in [3.63, 3.8) is 0 Å². The first-order valence-electron chi connectivity index (χ1n) is 9.78. The summed E-state index contributed by atoms with van der Waals surface area (Å²) in [5.41, 5.74) is 3.05. The van der Waals surface area contributed by atoms with Crippen molar-refractivity contribution in [3.8, 4) is 11.3 Å². The van der Waals surface area contributed by atoms with E-state index >= 15 is 0 Å². The summed E-state index contributed by atoms with van der Waals surface area (Å²) in [5.74, 6) is 0.709. The topological polar surface area (TPSA) is 70.2 Å². The smallest absolute Gasteiger partial charge is 0.407 e. The normalized spacial score (nSPS) is 14.2. The Kier molecular flexibility index (Phi) is 7.00. The van der Waals surface area contributed by atoms with E-state index in [9.17, 15) is 18.0 Å². The molecule has 0 saturated carbocycles. The fourth-order valence-corrected chi connectivity index (χ4v) is 3.23. The standard InChI is InChI=1S/C20H25F3N4O2/c21-20(22,23)9-3-13-29-19(28)24-10-8-18-25-14-17(26-18)15-4-6-16(7-5-15)27-11-1-2-12-27/h4-7,14H,1-3,8-13H2,(H,24,28)(H,25,26). The second-order valence-electron chi connectivity index (χ2n) is 7.00. The highest BCUT2D eigenvalue weighted by molar-refractivity contribution is 5.67. The summed E-state index contributed by atoms with van der Waals surface area (Å²) in [6, 6.07) is 8.30. The zero-order valence-corrected chi connectivity index (χ0v) is 16.1. The number of halogens is 3. The number of alkyl halides is 3. The van der Waals surface area contributed by atoms with Gasteiger partial charge in [-0.2, -0.15) is 13.2 Å². The van der Waals surface area contributed by atoms with Crippen LogP contribution in [0.1, 0.15) is 31.5 Å². The summed E-state index contributed by atoms with van der Waals surface area (Å²) in [6.07, 6.45) is -1.41. The number of carbonyl (C=O) groups is 1. The number of rotatable bonds is 8. The Balaban J connectivity index is 1.39. The van der Waals surface area contributed by atoms with Crippen LogP contribution in [-0.4, -0.2) is 48.5 Å². The lowest BCUT2D eigenvalue weighted by Crippen LogP contribution is -2.27. The lowest BCUT2D eigenvalue weighted by atomic mass is 10.1. The first kappa shape index (κ1) is 21.0. The molecule has 6 nitrogen and oxygen atoms in total. The van der Waals surface area contributed by atoms with Gasteiger partial charge in [-0.1, -0.05) is 12.1 Å². The quantitative estimate of drug-likeness (QED) is 0.637. The minimum Gasteiger partial charge on any atom is -0.450 e. The molecule has 0 spiro atoms. The van der Waals surface area contributed by atoms with Gasteiger partial charge in [0.05, 0.1) is 12.3 Å². The molecule has 1 aliphatic rings. The SMILES string of the molecule is O=C(NCCc1nc(-c2ccc(N3CCCC3)cc2)c[nH]1)OCCCC(F)(F)F. The van der Waals surface area contributed by atoms with Crippen LogP contribution >= 0.6 is 0 Å². The molecular weight excluding hydrogens is 385 g/mol. The predicted molar refractivity (Wildman–Crippen MR) is 104 cm³/mol. The number of anilines is 1. The summed E-state index contributed by atoms with van der Waals surface area (Å²) in [7, 11) is 0. The summed E-state index contributed by atoms with van der Waals surface area (Å²) in [5, 5.41) is 2.51. The van der Waals surface area contributed by atoms with Gasteiger partial charge in [-0.3, -0.25) is 0 Å². The average molecular weight is 410 g/mol. The molecule has 9 heteroatoms. The molecular formula is C20H25F3N4O2. The van der Waals surface area contributed by atoms with E-state index in [1.807, 2.05) is 18.3 Å². The van der Waals surface area contributed by atoms with Crippen molar-refractivity contribution in [1.29, 1.82) is 0 Å². The number of imidazole rings is 1. The molecule has 0 unspecified atom stereocenters. The molecule has 1 aromatic heterocycles. The van der Waals surface area contributed by atoms with Crippen molar-refractivity contribution in [2.24, 2.45) is 0 Å². The molecule has 1 aromatic carbocycles. The largest absolute Gasteiger partial charge is 0.450 e. The number of amides is 1. The Bertz CT molecular complexity index is 784. The van der Waals surface area contributed by atoms with E-state index in [-0.39, 0.29) is 19.6 Å². The molecule has 2 N–H and O–H groups in total. The molecule has 0 radical (unpaired) electrons. The van der Waals surface area contributed by atoms with E-state index in [2.05, 4.69) is 32.3 Å². The number of nitrogens with zero attached hydrogens (tertiary/aromatic N) is 2. The molecule has 0 atom stereocenters. The van der Waals surface area contributed by atoms with Crippen LogP contribution in [0.15, 0.2) is 30.5 Å². The van der Waals surface area contributed by atoms with Gasteiger partial charge in [0.25, 0.3) is 0 Å². The Morgan fingerprint density at radius 3 is 2.62 bits per heavy atom. The number of aromatic nitrogens is 2. The van der Waals surface area contributed by atoms with Crippen LogP contribution in [-0.2, 0) is 11.2 Å². The molecule has 3 rings (SSSR count). The van der Waals surface area contributed by atoms with Crippen molar-refractivity contribution in [1.82, 2.24) is 15.3 Å². The van der Waals surface area contributed by atoms with Crippen LogP contribution in [0.25, 0.3) is 11.3 Å². The maximum atomic E-state index is 12.0. The van der Waals surface area contributed by atoms with Gasteiger partial charge in [0.2, 0.25) is 0 Å². The summed E-state index contributed by atoms with van der Waals surface area (Å²) in [4.78, 5) is 21.4. The van der Waals surface area contributed by atoms with Gasteiger partial charge in [0.15, 0.2) is 0 Å². The fraction of sp³-hybridized carbons (Fsp3) is 0.500. The number of alkyl carbamates (subject to hydrolysis) is 1. The third-order valence-corrected chi connectivity index (χ3v) is 4.73. The van der Waals surface area contributed by atoms with Crippen LogP contribution < -0.4 is 10.2 Å². The van der Waals surface area contributed by atoms with Crippen molar-refractivity contribution in [3.05, 3.63) is 36.3 Å². The van der Waals surface area contributed by atoms with Crippen molar-refractivity contribution < 1.29 is 22.7 Å². The summed E-state index contributed by atoms with van der Waals surface area (Å²) >= 11 is 0. The zero-order valence-electron chi connectivity index (χ0n) is 16.1. The van der Waals surface area contributed by atoms with Crippen LogP contribution in [0.3, 0.4) is 0 Å². The summed E-state index contributed by atoms with van der Waals surface area (Å²) < 4.78 is 40.8. The molecule has 1 saturated heterocycles. The van der Waals surface area contributed by atoms with Gasteiger partial charge in [-0.15, -0.1) is 0 Å². The number of hydrogen-bond donors (Lipinski definition) is 2. The van der Waals surface area contributed by atoms with E-state index in [1.165, 1.54) is 18.5 Å². The number of H-pyrrole nitrogens is 1. The van der Waals surface area contributed by atoms with Crippen molar-refractivity contribution >= 4 is 11.8 Å². The predicted octanol–water partition coefficient (Wildman–Crippen LogP) is 4.29. The van der Waals surface area contributed by atoms with Crippen LogP contribution in [0, 0.1) is 0 Å². The Labute approximate surface area is 167 Å². The molecule has 0 bridgehead atoms. The molecule has 1 amide bonds. The number of ether oxygens (including phenoxy) is 1. The van der Waals surface area contributed by atoms with Gasteiger partial charge in [-0.05, 0) is 31.4 Å². The van der Waals surface area contributed by atoms with Crippen LogP contribution in [0.4, 0.5) is 23.7 Å². The van der Waals surface area contributed by atoms with Gasteiger partial charge >= 0.3 is 12.3 Å². The van der Waals surface area contributed by atoms with E-state index in [0.29, 0.717) is 12.2 Å². The molecule has 1 fully saturated rings. The number of benzene rings is 1. The monoisotopic (exact) mass is 410 g/mol. The number of nitrogens with one attached hydrogen (secondary N) is 2. The molecule has 2 aromatic rings. The highest BCUT2D eigenvalue weighted by atomic mass is 19.4. The van der Waals surface area contributed by atoms with Gasteiger partial charge in [0, 0.05) is 49.9 Å². The van der Waals surface area contributed by atoms with Crippen LogP contribution in [0.2, 0.25) is 0 Å². The molecule has 158 valence electrons. The second-order valence-corrected chi connectivity index (χ2v) is 7.00. The minimum absolute atomic E-state index is 0.241. The maximum Gasteiger partial charge on any atom is 0.407 e. The third kappa shape index (κ3) is 6.69. The Morgan fingerprint density at radius 1 is 1.21 bits per heavy atom. The first-order chi connectivity index (χ1) is 13.9. The maximum absolute atomic E-state index is 12.0. The lowest BCUT2D eigenvalue weighted by molar-refractivity contribution is -0.137. The van der Waals surface area contributed by atoms with Crippen molar-refractivity contribution in [2.45, 2.75) is 38.3 Å². The zero-order chi connectivity index (χ0) is 20.7. The van der Waals surface area contributed by atoms with E-state index in [1.54, 1.807) is 0 Å². The minimum atomic E-state index is -4.23. The molecule has 2 heterocycles. The van der Waals surface area contributed by atoms with Gasteiger partial charge < -0.3 is 19.9 Å². The van der Waals surface area contributed by atoms with Gasteiger partial charge in [0.1, 0.15) is 5.82 Å². The lowest BCUT2D eigenvalue weighted by Gasteiger charge is -2.17. The number of aromatic amines is 1. The van der Waals surface area contributed by atoms with E-state index in [0.717, 1.165) is 24.3 Å². The third-order valence-electron chi connectivity index (χ3n) is 4.73. The molecule has 29 heavy (non-hydrogen) atoms. The van der Waals surface area contributed by atoms with E-state index in [4.69, 9.17) is 4.74 Å². The summed E-state index contributed by atoms with van der Waals surface area (Å²) in [6.45, 7) is 2.22. The molecule has 1 aliphatic heterocycles. The Morgan fingerprint density at radius 2 is 1.93 bits per heavy atom. The number of hydrogen-bond acceptors (Lipinski definition) is 4. The second kappa shape index (κ2) is 9.67. The average Bonchev–Trinajstić information content (AvgIpc) is 3.37. The Hall–Kier alpha value is -2.71. The number of carbonyl (C=O) groups excluding carboxylic acids is 1.